The number of benzene rings is 1. The summed E-state index contributed by atoms with van der Waals surface area (Å²) in [7, 11) is 0. The number of rotatable bonds is 5. The van der Waals surface area contributed by atoms with Gasteiger partial charge in [0.15, 0.2) is 0 Å². The topological polar surface area (TPSA) is 105 Å². The highest BCUT2D eigenvalue weighted by molar-refractivity contribution is 6.34. The van der Waals surface area contributed by atoms with Gasteiger partial charge in [0.1, 0.15) is 0 Å². The summed E-state index contributed by atoms with van der Waals surface area (Å²) >= 11 is 0. The van der Waals surface area contributed by atoms with Gasteiger partial charge in [0.05, 0.1) is 11.1 Å². The van der Waals surface area contributed by atoms with Crippen molar-refractivity contribution < 1.29 is 14.5 Å². The second kappa shape index (κ2) is 7.73. The molecule has 0 spiro atoms. The number of nitro groups is 1. The normalized spacial score (nSPS) is 10.4. The maximum Gasteiger partial charge on any atom is 0.329 e. The number of amides is 2. The van der Waals surface area contributed by atoms with E-state index in [1.165, 1.54) is 35.4 Å². The van der Waals surface area contributed by atoms with Gasteiger partial charge in [0.2, 0.25) is 0 Å². The van der Waals surface area contributed by atoms with E-state index in [2.05, 4.69) is 10.5 Å². The predicted octanol–water partition coefficient (Wildman–Crippen LogP) is 0.913. The number of carbonyl (C=O) groups excluding carboxylic acids is 2. The van der Waals surface area contributed by atoms with E-state index in [0.717, 1.165) is 0 Å². The second-order valence-corrected chi connectivity index (χ2v) is 4.03. The van der Waals surface area contributed by atoms with E-state index in [1.54, 1.807) is 13.8 Å². The molecule has 0 aliphatic carbocycles. The molecule has 0 atom stereocenters. The van der Waals surface area contributed by atoms with Crippen molar-refractivity contribution in [2.45, 2.75) is 13.8 Å². The Morgan fingerprint density at radius 3 is 2.33 bits per heavy atom. The van der Waals surface area contributed by atoms with Gasteiger partial charge in [-0.3, -0.25) is 19.7 Å². The van der Waals surface area contributed by atoms with Gasteiger partial charge >= 0.3 is 11.8 Å². The summed E-state index contributed by atoms with van der Waals surface area (Å²) in [5, 5.41) is 14.1. The molecule has 0 aliphatic heterocycles. The molecule has 21 heavy (non-hydrogen) atoms. The molecule has 0 aliphatic rings. The van der Waals surface area contributed by atoms with Gasteiger partial charge in [-0.05, 0) is 31.5 Å². The highest BCUT2D eigenvalue weighted by Gasteiger charge is 2.18. The van der Waals surface area contributed by atoms with Gasteiger partial charge in [-0.1, -0.05) is 0 Å². The second-order valence-electron chi connectivity index (χ2n) is 4.03. The molecule has 0 saturated carbocycles. The molecule has 0 bridgehead atoms. The summed E-state index contributed by atoms with van der Waals surface area (Å²) < 4.78 is 0. The van der Waals surface area contributed by atoms with E-state index in [-0.39, 0.29) is 5.69 Å². The molecule has 0 heterocycles. The van der Waals surface area contributed by atoms with Crippen molar-refractivity contribution in [3.63, 3.8) is 0 Å². The van der Waals surface area contributed by atoms with Crippen molar-refractivity contribution in [2.24, 2.45) is 5.10 Å². The van der Waals surface area contributed by atoms with Gasteiger partial charge in [-0.2, -0.15) is 5.10 Å². The lowest BCUT2D eigenvalue weighted by molar-refractivity contribution is -0.384. The molecule has 8 nitrogen and oxygen atoms in total. The van der Waals surface area contributed by atoms with Gasteiger partial charge in [-0.15, -0.1) is 0 Å². The molecule has 0 radical (unpaired) electrons. The number of nitrogens with zero attached hydrogens (tertiary/aromatic N) is 3. The summed E-state index contributed by atoms with van der Waals surface area (Å²) in [6.45, 7) is 4.42. The molecule has 2 amide bonds. The number of hydrazone groups is 1. The van der Waals surface area contributed by atoms with Crippen molar-refractivity contribution in [1.29, 1.82) is 0 Å². The molecule has 0 fully saturated rings. The van der Waals surface area contributed by atoms with Crippen LogP contribution in [-0.4, -0.2) is 40.9 Å². The number of hydrogen-bond acceptors (Lipinski definition) is 5. The molecule has 1 aromatic carbocycles. The van der Waals surface area contributed by atoms with E-state index >= 15 is 0 Å². The van der Waals surface area contributed by atoms with Crippen LogP contribution in [-0.2, 0) is 9.59 Å². The van der Waals surface area contributed by atoms with Crippen LogP contribution in [0.5, 0.6) is 0 Å². The van der Waals surface area contributed by atoms with Crippen LogP contribution in [0, 0.1) is 10.1 Å². The average Bonchev–Trinajstić information content (AvgIpc) is 2.48. The Morgan fingerprint density at radius 1 is 1.29 bits per heavy atom. The van der Waals surface area contributed by atoms with Crippen LogP contribution in [0.2, 0.25) is 0 Å². The summed E-state index contributed by atoms with van der Waals surface area (Å²) in [5.74, 6) is -1.47. The van der Waals surface area contributed by atoms with E-state index in [0.29, 0.717) is 18.7 Å². The number of hydrogen-bond donors (Lipinski definition) is 1. The van der Waals surface area contributed by atoms with Crippen LogP contribution >= 0.6 is 0 Å². The molecule has 0 saturated heterocycles. The predicted molar refractivity (Wildman–Crippen MR) is 76.8 cm³/mol. The van der Waals surface area contributed by atoms with Crippen molar-refractivity contribution in [1.82, 2.24) is 10.3 Å². The first-order chi connectivity index (χ1) is 9.99. The van der Waals surface area contributed by atoms with E-state index in [1.807, 2.05) is 0 Å². The minimum absolute atomic E-state index is 0.0344. The monoisotopic (exact) mass is 292 g/mol. The van der Waals surface area contributed by atoms with Crippen LogP contribution in [0.15, 0.2) is 29.4 Å². The highest BCUT2D eigenvalue weighted by Crippen LogP contribution is 2.10. The standard InChI is InChI=1S/C13H16N4O4/c1-3-16(4-2)13(19)12(18)15-14-9-10-5-7-11(8-6-10)17(20)21/h5-9H,3-4H2,1-2H3,(H,15,18)/b14-9-. The van der Waals surface area contributed by atoms with Crippen LogP contribution < -0.4 is 5.43 Å². The third-order valence-corrected chi connectivity index (χ3v) is 2.73. The number of nitrogens with one attached hydrogen (secondary N) is 1. The summed E-state index contributed by atoms with van der Waals surface area (Å²) in [6.07, 6.45) is 1.30. The van der Waals surface area contributed by atoms with E-state index in [4.69, 9.17) is 0 Å². The minimum Gasteiger partial charge on any atom is -0.335 e. The smallest absolute Gasteiger partial charge is 0.329 e. The Hall–Kier alpha value is -2.77. The quantitative estimate of drug-likeness (QED) is 0.377. The first-order valence-electron chi connectivity index (χ1n) is 6.36. The number of nitro benzene ring substituents is 1. The van der Waals surface area contributed by atoms with Gasteiger partial charge in [0.25, 0.3) is 5.69 Å². The lowest BCUT2D eigenvalue weighted by Gasteiger charge is -2.16. The van der Waals surface area contributed by atoms with Gasteiger partial charge in [-0.25, -0.2) is 5.43 Å². The van der Waals surface area contributed by atoms with Crippen molar-refractivity contribution >= 4 is 23.7 Å². The summed E-state index contributed by atoms with van der Waals surface area (Å²) in [4.78, 5) is 34.5. The number of likely N-dealkylation sites (N-methyl/N-ethyl adjacent to an activating group) is 1. The summed E-state index contributed by atoms with van der Waals surface area (Å²) in [5.41, 5.74) is 2.65. The molecule has 0 unspecified atom stereocenters. The average molecular weight is 292 g/mol. The largest absolute Gasteiger partial charge is 0.335 e. The molecule has 112 valence electrons. The molecule has 1 aromatic rings. The van der Waals surface area contributed by atoms with Crippen LogP contribution in [0.3, 0.4) is 0 Å². The third kappa shape index (κ3) is 4.68. The molecule has 1 N–H and O–H groups in total. The molecule has 1 rings (SSSR count). The van der Waals surface area contributed by atoms with Gasteiger partial charge < -0.3 is 4.90 Å². The zero-order valence-electron chi connectivity index (χ0n) is 11.8. The third-order valence-electron chi connectivity index (χ3n) is 2.73. The van der Waals surface area contributed by atoms with Crippen molar-refractivity contribution in [3.05, 3.63) is 39.9 Å². The minimum atomic E-state index is -0.822. The maximum absolute atomic E-state index is 11.6. The molecular weight excluding hydrogens is 276 g/mol. The van der Waals surface area contributed by atoms with Crippen LogP contribution in [0.1, 0.15) is 19.4 Å². The van der Waals surface area contributed by atoms with Crippen molar-refractivity contribution in [3.8, 4) is 0 Å². The Balaban J connectivity index is 2.59. The molecule has 8 heteroatoms. The highest BCUT2D eigenvalue weighted by atomic mass is 16.6. The fourth-order valence-corrected chi connectivity index (χ4v) is 1.55. The molecular formula is C13H16N4O4. The Labute approximate surface area is 121 Å². The Kier molecular flexibility index (Phi) is 5.99. The Morgan fingerprint density at radius 2 is 1.86 bits per heavy atom. The Bertz CT molecular complexity index is 550. The number of carbonyl (C=O) groups is 2. The van der Waals surface area contributed by atoms with Gasteiger partial charge in [0, 0.05) is 25.2 Å². The number of non-ortho nitro benzene ring substituents is 1. The summed E-state index contributed by atoms with van der Waals surface area (Å²) in [6, 6.07) is 5.62. The SMILES string of the molecule is CCN(CC)C(=O)C(=O)N/N=C\c1ccc([N+](=O)[O-])cc1. The van der Waals surface area contributed by atoms with Crippen molar-refractivity contribution in [2.75, 3.05) is 13.1 Å². The fourth-order valence-electron chi connectivity index (χ4n) is 1.55. The maximum atomic E-state index is 11.6. The fraction of sp³-hybridized carbons (Fsp3) is 0.308. The first-order valence-corrected chi connectivity index (χ1v) is 6.36. The van der Waals surface area contributed by atoms with E-state index in [9.17, 15) is 19.7 Å². The van der Waals surface area contributed by atoms with Crippen LogP contribution in [0.4, 0.5) is 5.69 Å². The zero-order chi connectivity index (χ0) is 15.8. The lowest BCUT2D eigenvalue weighted by Crippen LogP contribution is -2.41. The zero-order valence-corrected chi connectivity index (χ0v) is 11.8. The molecule has 0 aromatic heterocycles. The first kappa shape index (κ1) is 16.3. The lowest BCUT2D eigenvalue weighted by atomic mass is 10.2. The van der Waals surface area contributed by atoms with E-state index < -0.39 is 16.7 Å². The van der Waals surface area contributed by atoms with Crippen LogP contribution in [0.25, 0.3) is 0 Å².